The Kier molecular flexibility index (Phi) is 8.16. The molecule has 2 aromatic carbocycles. The van der Waals surface area contributed by atoms with E-state index in [0.29, 0.717) is 40.7 Å². The lowest BCUT2D eigenvalue weighted by molar-refractivity contribution is -0.148. The number of ether oxygens (including phenoxy) is 2. The van der Waals surface area contributed by atoms with E-state index in [0.717, 1.165) is 44.1 Å². The lowest BCUT2D eigenvalue weighted by Gasteiger charge is -2.30. The molecule has 0 bridgehead atoms. The SMILES string of the molecule is COC(=O)C1CCC(OC[C@@H]2CCCN2C(=O)Cc2ccc3nc(NC(=O)c4cn(C)c5cc(F)ccc45)oc3c2)CC1. The highest BCUT2D eigenvalue weighted by molar-refractivity contribution is 6.12. The minimum Gasteiger partial charge on any atom is -0.469 e. The standard InChI is InChI=1S/C32H35FN4O6/c1-36-17-25(24-11-8-21(33)16-27(24)36)30(39)35-32-34-26-12-5-19(14-28(26)43-32)15-29(38)37-13-3-4-22(37)18-42-23-9-6-20(7-10-23)31(40)41-2/h5,8,11-12,14,16-17,20,22-23H,3-4,6-7,9-10,13,15,18H2,1-2H3,(H,34,35,39)/t20?,22-,23?/m0/s1. The van der Waals surface area contributed by atoms with Gasteiger partial charge in [-0.15, -0.1) is 0 Å². The highest BCUT2D eigenvalue weighted by atomic mass is 19.1. The second-order valence-corrected chi connectivity index (χ2v) is 11.5. The molecule has 1 N–H and O–H groups in total. The molecular formula is C32H35FN4O6. The van der Waals surface area contributed by atoms with Crippen LogP contribution >= 0.6 is 0 Å². The summed E-state index contributed by atoms with van der Waals surface area (Å²) in [6.07, 6.45) is 6.97. The number of carbonyl (C=O) groups is 3. The molecule has 0 radical (unpaired) electrons. The van der Waals surface area contributed by atoms with Crippen LogP contribution < -0.4 is 5.32 Å². The van der Waals surface area contributed by atoms with Crippen molar-refractivity contribution in [2.24, 2.45) is 13.0 Å². The number of hydrogen-bond donors (Lipinski definition) is 1. The third-order valence-corrected chi connectivity index (χ3v) is 8.66. The topological polar surface area (TPSA) is 116 Å². The third-order valence-electron chi connectivity index (χ3n) is 8.66. The Morgan fingerprint density at radius 1 is 1.09 bits per heavy atom. The molecule has 4 aromatic rings. The van der Waals surface area contributed by atoms with Gasteiger partial charge in [-0.1, -0.05) is 6.07 Å². The van der Waals surface area contributed by atoms with Crippen LogP contribution in [0.2, 0.25) is 0 Å². The predicted molar refractivity (Wildman–Crippen MR) is 157 cm³/mol. The van der Waals surface area contributed by atoms with Crippen molar-refractivity contribution in [1.82, 2.24) is 14.5 Å². The van der Waals surface area contributed by atoms with Crippen LogP contribution in [0.4, 0.5) is 10.4 Å². The van der Waals surface area contributed by atoms with Crippen LogP contribution in [0.15, 0.2) is 47.0 Å². The van der Waals surface area contributed by atoms with E-state index in [2.05, 4.69) is 10.3 Å². The minimum absolute atomic E-state index is 0.0280. The van der Waals surface area contributed by atoms with Crippen LogP contribution in [-0.2, 0) is 32.5 Å². The van der Waals surface area contributed by atoms with Gasteiger partial charge in [0.1, 0.15) is 11.3 Å². The number of benzene rings is 2. The van der Waals surface area contributed by atoms with E-state index < -0.39 is 5.91 Å². The van der Waals surface area contributed by atoms with Crippen LogP contribution in [0, 0.1) is 11.7 Å². The molecule has 43 heavy (non-hydrogen) atoms. The molecule has 6 rings (SSSR count). The number of nitrogens with zero attached hydrogens (tertiary/aromatic N) is 3. The number of esters is 1. The molecular weight excluding hydrogens is 555 g/mol. The number of aryl methyl sites for hydroxylation is 1. The Bertz CT molecular complexity index is 1670. The van der Waals surface area contributed by atoms with E-state index in [1.54, 1.807) is 36.0 Å². The maximum Gasteiger partial charge on any atom is 0.308 e. The number of carbonyl (C=O) groups excluding carboxylic acids is 3. The Morgan fingerprint density at radius 3 is 2.70 bits per heavy atom. The number of anilines is 1. The zero-order valence-corrected chi connectivity index (χ0v) is 24.3. The van der Waals surface area contributed by atoms with Gasteiger partial charge in [-0.2, -0.15) is 4.98 Å². The fourth-order valence-electron chi connectivity index (χ4n) is 6.33. The highest BCUT2D eigenvalue weighted by Gasteiger charge is 2.32. The van der Waals surface area contributed by atoms with E-state index in [-0.39, 0.29) is 48.2 Å². The molecule has 3 heterocycles. The van der Waals surface area contributed by atoms with Crippen molar-refractivity contribution in [3.63, 3.8) is 0 Å². The number of hydrogen-bond acceptors (Lipinski definition) is 7. The van der Waals surface area contributed by atoms with Gasteiger partial charge in [0.25, 0.3) is 5.91 Å². The summed E-state index contributed by atoms with van der Waals surface area (Å²) in [5, 5.41) is 3.31. The van der Waals surface area contributed by atoms with Gasteiger partial charge in [0.05, 0.1) is 49.3 Å². The van der Waals surface area contributed by atoms with E-state index >= 15 is 0 Å². The zero-order chi connectivity index (χ0) is 30.1. The molecule has 1 saturated carbocycles. The molecule has 1 aliphatic heterocycles. The number of nitrogens with one attached hydrogen (secondary N) is 1. The second-order valence-electron chi connectivity index (χ2n) is 11.5. The van der Waals surface area contributed by atoms with Crippen LogP contribution in [0.3, 0.4) is 0 Å². The maximum atomic E-state index is 13.7. The van der Waals surface area contributed by atoms with Crippen molar-refractivity contribution in [1.29, 1.82) is 0 Å². The van der Waals surface area contributed by atoms with Crippen LogP contribution in [0.1, 0.15) is 54.4 Å². The van der Waals surface area contributed by atoms with Crippen molar-refractivity contribution in [2.45, 2.75) is 57.1 Å². The van der Waals surface area contributed by atoms with E-state index in [9.17, 15) is 18.8 Å². The lowest BCUT2D eigenvalue weighted by Crippen LogP contribution is -2.40. The van der Waals surface area contributed by atoms with Gasteiger partial charge in [-0.3, -0.25) is 19.7 Å². The minimum atomic E-state index is -0.419. The highest BCUT2D eigenvalue weighted by Crippen LogP contribution is 2.29. The molecule has 1 atom stereocenters. The number of halogens is 1. The molecule has 2 fully saturated rings. The summed E-state index contributed by atoms with van der Waals surface area (Å²) in [6.45, 7) is 1.19. The number of amides is 2. The predicted octanol–water partition coefficient (Wildman–Crippen LogP) is 4.99. The van der Waals surface area contributed by atoms with E-state index in [4.69, 9.17) is 13.9 Å². The average molecular weight is 591 g/mol. The van der Waals surface area contributed by atoms with Gasteiger partial charge >= 0.3 is 12.0 Å². The van der Waals surface area contributed by atoms with Gasteiger partial charge in [0, 0.05) is 25.2 Å². The summed E-state index contributed by atoms with van der Waals surface area (Å²) in [5.41, 5.74) is 2.79. The first kappa shape index (κ1) is 28.9. The van der Waals surface area contributed by atoms with E-state index in [1.807, 2.05) is 11.0 Å². The summed E-state index contributed by atoms with van der Waals surface area (Å²) in [4.78, 5) is 44.4. The lowest BCUT2D eigenvalue weighted by atomic mass is 9.87. The van der Waals surface area contributed by atoms with Gasteiger partial charge in [-0.25, -0.2) is 4.39 Å². The third kappa shape index (κ3) is 6.13. The van der Waals surface area contributed by atoms with E-state index in [1.165, 1.54) is 19.2 Å². The number of oxazole rings is 1. The van der Waals surface area contributed by atoms with Crippen LogP contribution in [-0.4, -0.2) is 64.6 Å². The molecule has 1 saturated heterocycles. The molecule has 2 amide bonds. The van der Waals surface area contributed by atoms with Crippen molar-refractivity contribution in [3.8, 4) is 0 Å². The number of likely N-dealkylation sites (tertiary alicyclic amines) is 1. The monoisotopic (exact) mass is 590 g/mol. The Morgan fingerprint density at radius 2 is 1.91 bits per heavy atom. The summed E-state index contributed by atoms with van der Waals surface area (Å²) in [6, 6.07) is 9.74. The molecule has 11 heteroatoms. The maximum absolute atomic E-state index is 13.7. The van der Waals surface area contributed by atoms with Crippen LogP contribution in [0.25, 0.3) is 22.0 Å². The quantitative estimate of drug-likeness (QED) is 0.288. The number of fused-ring (bicyclic) bond motifs is 2. The summed E-state index contributed by atoms with van der Waals surface area (Å²) >= 11 is 0. The number of aromatic nitrogens is 2. The van der Waals surface area contributed by atoms with Gasteiger partial charge < -0.3 is 23.4 Å². The molecule has 226 valence electrons. The first-order chi connectivity index (χ1) is 20.8. The Hall–Kier alpha value is -4.25. The van der Waals surface area contributed by atoms with Gasteiger partial charge in [-0.05, 0) is 74.4 Å². The van der Waals surface area contributed by atoms with Crippen molar-refractivity contribution in [2.75, 3.05) is 25.6 Å². The second kappa shape index (κ2) is 12.2. The van der Waals surface area contributed by atoms with Crippen molar-refractivity contribution in [3.05, 3.63) is 59.5 Å². The fourth-order valence-corrected chi connectivity index (χ4v) is 6.33. The Balaban J connectivity index is 1.06. The summed E-state index contributed by atoms with van der Waals surface area (Å²) in [7, 11) is 3.18. The Labute approximate surface area is 248 Å². The van der Waals surface area contributed by atoms with Crippen molar-refractivity contribution >= 4 is 45.8 Å². The fraction of sp³-hybridized carbons (Fsp3) is 0.438. The first-order valence-electron chi connectivity index (χ1n) is 14.7. The van der Waals surface area contributed by atoms with Gasteiger partial charge in [0.15, 0.2) is 5.58 Å². The number of rotatable bonds is 8. The molecule has 0 spiro atoms. The molecule has 1 aliphatic carbocycles. The van der Waals surface area contributed by atoms with Crippen LogP contribution in [0.5, 0.6) is 0 Å². The van der Waals surface area contributed by atoms with Gasteiger partial charge in [0.2, 0.25) is 5.91 Å². The normalized spacial score (nSPS) is 20.5. The first-order valence-corrected chi connectivity index (χ1v) is 14.7. The summed E-state index contributed by atoms with van der Waals surface area (Å²) < 4.78 is 32.2. The largest absolute Gasteiger partial charge is 0.469 e. The summed E-state index contributed by atoms with van der Waals surface area (Å²) in [5.74, 6) is -0.952. The molecule has 2 aliphatic rings. The average Bonchev–Trinajstić information content (AvgIpc) is 3.72. The number of methoxy groups -OCH3 is 1. The zero-order valence-electron chi connectivity index (χ0n) is 24.3. The molecule has 10 nitrogen and oxygen atoms in total. The molecule has 2 aromatic heterocycles. The van der Waals surface area contributed by atoms with Crippen molar-refractivity contribution < 1.29 is 32.7 Å². The molecule has 0 unspecified atom stereocenters. The smallest absolute Gasteiger partial charge is 0.308 e.